The molecule has 0 unspecified atom stereocenters. The van der Waals surface area contributed by atoms with Gasteiger partial charge in [0.2, 0.25) is 5.95 Å². The molecule has 1 N–H and O–H groups in total. The highest BCUT2D eigenvalue weighted by Crippen LogP contribution is 2.36. The van der Waals surface area contributed by atoms with E-state index in [2.05, 4.69) is 84.0 Å². The number of anilines is 3. The van der Waals surface area contributed by atoms with Crippen LogP contribution < -0.4 is 10.2 Å². The third-order valence-corrected chi connectivity index (χ3v) is 6.55. The summed E-state index contributed by atoms with van der Waals surface area (Å²) in [5.41, 5.74) is 6.65. The molecular weight excluding hydrogens is 404 g/mol. The van der Waals surface area contributed by atoms with Gasteiger partial charge < -0.3 is 15.0 Å². The highest BCUT2D eigenvalue weighted by molar-refractivity contribution is 7.17. The van der Waals surface area contributed by atoms with E-state index < -0.39 is 0 Å². The minimum Gasteiger partial charge on any atom is -0.378 e. The summed E-state index contributed by atoms with van der Waals surface area (Å²) in [6, 6.07) is 19.1. The smallest absolute Gasteiger partial charge is 0.228 e. The summed E-state index contributed by atoms with van der Waals surface area (Å²) in [7, 11) is 0. The van der Waals surface area contributed by atoms with Gasteiger partial charge in [-0.25, -0.2) is 9.97 Å². The van der Waals surface area contributed by atoms with Crippen molar-refractivity contribution in [2.24, 2.45) is 0 Å². The summed E-state index contributed by atoms with van der Waals surface area (Å²) in [5.74, 6) is 1.05. The Morgan fingerprint density at radius 1 is 0.968 bits per heavy atom. The Bertz CT molecular complexity index is 1180. The fraction of sp³-hybridized carbons (Fsp3) is 0.280. The fourth-order valence-corrected chi connectivity index (χ4v) is 4.86. The van der Waals surface area contributed by atoms with Gasteiger partial charge >= 0.3 is 0 Å². The van der Waals surface area contributed by atoms with Crippen LogP contribution in [-0.2, 0) is 4.74 Å². The summed E-state index contributed by atoms with van der Waals surface area (Å²) in [6.45, 7) is 7.89. The molecule has 6 heteroatoms. The Morgan fingerprint density at radius 3 is 2.52 bits per heavy atom. The minimum atomic E-state index is 0.422. The van der Waals surface area contributed by atoms with Gasteiger partial charge in [-0.05, 0) is 47.2 Å². The molecule has 0 radical (unpaired) electrons. The van der Waals surface area contributed by atoms with E-state index in [0.717, 1.165) is 47.9 Å². The first-order chi connectivity index (χ1) is 15.2. The SMILES string of the molecule is CC(C)c1ccccc1-c1nc(Nc2ccc(N3CCOCC3)cc2)nc2ccsc12. The van der Waals surface area contributed by atoms with Gasteiger partial charge in [0.25, 0.3) is 0 Å². The molecule has 158 valence electrons. The second-order valence-electron chi connectivity index (χ2n) is 8.04. The van der Waals surface area contributed by atoms with Gasteiger partial charge in [0.15, 0.2) is 0 Å². The van der Waals surface area contributed by atoms with E-state index in [0.29, 0.717) is 11.9 Å². The summed E-state index contributed by atoms with van der Waals surface area (Å²) < 4.78 is 6.58. The third kappa shape index (κ3) is 4.13. The van der Waals surface area contributed by atoms with Crippen molar-refractivity contribution in [2.75, 3.05) is 36.5 Å². The van der Waals surface area contributed by atoms with Crippen LogP contribution in [0, 0.1) is 0 Å². The molecule has 0 atom stereocenters. The molecule has 1 aliphatic heterocycles. The van der Waals surface area contributed by atoms with Crippen LogP contribution in [0.4, 0.5) is 17.3 Å². The molecule has 0 amide bonds. The minimum absolute atomic E-state index is 0.422. The van der Waals surface area contributed by atoms with Crippen molar-refractivity contribution in [3.63, 3.8) is 0 Å². The zero-order valence-corrected chi connectivity index (χ0v) is 18.7. The Hall–Kier alpha value is -2.96. The Labute approximate surface area is 186 Å². The van der Waals surface area contributed by atoms with Gasteiger partial charge in [-0.1, -0.05) is 38.1 Å². The normalized spacial score (nSPS) is 14.4. The van der Waals surface area contributed by atoms with E-state index in [-0.39, 0.29) is 0 Å². The number of thiophene rings is 1. The van der Waals surface area contributed by atoms with Gasteiger partial charge in [-0.2, -0.15) is 0 Å². The predicted molar refractivity (Wildman–Crippen MR) is 130 cm³/mol. The van der Waals surface area contributed by atoms with Gasteiger partial charge in [0.1, 0.15) is 0 Å². The number of aromatic nitrogens is 2. The van der Waals surface area contributed by atoms with Crippen LogP contribution in [0.3, 0.4) is 0 Å². The van der Waals surface area contributed by atoms with Gasteiger partial charge in [0.05, 0.1) is 29.1 Å². The van der Waals surface area contributed by atoms with Crippen molar-refractivity contribution in [2.45, 2.75) is 19.8 Å². The van der Waals surface area contributed by atoms with Crippen LogP contribution in [0.1, 0.15) is 25.3 Å². The van der Waals surface area contributed by atoms with Crippen LogP contribution in [0.15, 0.2) is 60.0 Å². The van der Waals surface area contributed by atoms with Crippen molar-refractivity contribution < 1.29 is 4.74 Å². The largest absolute Gasteiger partial charge is 0.378 e. The van der Waals surface area contributed by atoms with Crippen LogP contribution in [0.25, 0.3) is 21.5 Å². The fourth-order valence-electron chi connectivity index (χ4n) is 4.02. The topological polar surface area (TPSA) is 50.3 Å². The highest BCUT2D eigenvalue weighted by atomic mass is 32.1. The maximum atomic E-state index is 5.45. The molecule has 0 aliphatic carbocycles. The van der Waals surface area contributed by atoms with Crippen molar-refractivity contribution in [1.82, 2.24) is 9.97 Å². The lowest BCUT2D eigenvalue weighted by atomic mass is 9.95. The predicted octanol–water partition coefficient (Wildman–Crippen LogP) is 6.06. The first kappa shape index (κ1) is 20.0. The zero-order chi connectivity index (χ0) is 21.2. The van der Waals surface area contributed by atoms with Crippen molar-refractivity contribution in [1.29, 1.82) is 0 Å². The standard InChI is InChI=1S/C25H26N4OS/c1-17(2)20-5-3-4-6-21(20)23-24-22(11-16-31-24)27-25(28-23)26-18-7-9-19(10-8-18)29-12-14-30-15-13-29/h3-11,16-17H,12-15H2,1-2H3,(H,26,27,28). The molecule has 5 rings (SSSR count). The van der Waals surface area contributed by atoms with E-state index in [1.54, 1.807) is 11.3 Å². The van der Waals surface area contributed by atoms with Crippen LogP contribution in [0.2, 0.25) is 0 Å². The second kappa shape index (κ2) is 8.65. The Morgan fingerprint density at radius 2 is 1.74 bits per heavy atom. The van der Waals surface area contributed by atoms with Crippen LogP contribution in [0.5, 0.6) is 0 Å². The average molecular weight is 431 g/mol. The number of morpholine rings is 1. The number of nitrogens with one attached hydrogen (secondary N) is 1. The first-order valence-corrected chi connectivity index (χ1v) is 11.6. The number of nitrogens with zero attached hydrogens (tertiary/aromatic N) is 3. The molecule has 3 heterocycles. The van der Waals surface area contributed by atoms with E-state index in [9.17, 15) is 0 Å². The number of fused-ring (bicyclic) bond motifs is 1. The molecule has 2 aromatic carbocycles. The third-order valence-electron chi connectivity index (χ3n) is 5.64. The first-order valence-electron chi connectivity index (χ1n) is 10.7. The summed E-state index contributed by atoms with van der Waals surface area (Å²) in [6.07, 6.45) is 0. The molecule has 4 aromatic rings. The molecule has 31 heavy (non-hydrogen) atoms. The molecular formula is C25H26N4OS. The van der Waals surface area contributed by atoms with Crippen LogP contribution >= 0.6 is 11.3 Å². The number of hydrogen-bond donors (Lipinski definition) is 1. The monoisotopic (exact) mass is 430 g/mol. The van der Waals surface area contributed by atoms with Gasteiger partial charge in [-0.15, -0.1) is 11.3 Å². The lowest BCUT2D eigenvalue weighted by Gasteiger charge is -2.28. The van der Waals surface area contributed by atoms with Crippen LogP contribution in [-0.4, -0.2) is 36.3 Å². The van der Waals surface area contributed by atoms with E-state index in [1.165, 1.54) is 16.8 Å². The van der Waals surface area contributed by atoms with Crippen molar-refractivity contribution >= 4 is 38.9 Å². The van der Waals surface area contributed by atoms with E-state index >= 15 is 0 Å². The second-order valence-corrected chi connectivity index (χ2v) is 8.96. The molecule has 2 aromatic heterocycles. The number of rotatable bonds is 5. The molecule has 1 saturated heterocycles. The zero-order valence-electron chi connectivity index (χ0n) is 17.8. The quantitative estimate of drug-likeness (QED) is 0.417. The van der Waals surface area contributed by atoms with E-state index in [1.807, 2.05) is 0 Å². The maximum absolute atomic E-state index is 5.45. The highest BCUT2D eigenvalue weighted by Gasteiger charge is 2.16. The molecule has 0 saturated carbocycles. The molecule has 5 nitrogen and oxygen atoms in total. The summed E-state index contributed by atoms with van der Waals surface area (Å²) in [5, 5.41) is 5.50. The number of benzene rings is 2. The van der Waals surface area contributed by atoms with Gasteiger partial charge in [0, 0.05) is 30.0 Å². The summed E-state index contributed by atoms with van der Waals surface area (Å²) in [4.78, 5) is 12.1. The number of hydrogen-bond acceptors (Lipinski definition) is 6. The van der Waals surface area contributed by atoms with Crippen molar-refractivity contribution in [3.8, 4) is 11.3 Å². The lowest BCUT2D eigenvalue weighted by Crippen LogP contribution is -2.36. The molecule has 1 aliphatic rings. The molecule has 0 bridgehead atoms. The number of ether oxygens (including phenoxy) is 1. The average Bonchev–Trinajstić information content (AvgIpc) is 3.28. The molecule has 0 spiro atoms. The molecule has 1 fully saturated rings. The Kier molecular flexibility index (Phi) is 5.57. The maximum Gasteiger partial charge on any atom is 0.228 e. The lowest BCUT2D eigenvalue weighted by molar-refractivity contribution is 0.122. The summed E-state index contributed by atoms with van der Waals surface area (Å²) >= 11 is 1.69. The van der Waals surface area contributed by atoms with E-state index in [4.69, 9.17) is 14.7 Å². The Balaban J connectivity index is 1.48. The van der Waals surface area contributed by atoms with Crippen molar-refractivity contribution in [3.05, 3.63) is 65.5 Å². The van der Waals surface area contributed by atoms with Gasteiger partial charge in [-0.3, -0.25) is 0 Å².